The van der Waals surface area contributed by atoms with E-state index < -0.39 is 0 Å². The van der Waals surface area contributed by atoms with Gasteiger partial charge in [-0.2, -0.15) is 0 Å². The van der Waals surface area contributed by atoms with Crippen LogP contribution in [0.5, 0.6) is 0 Å². The van der Waals surface area contributed by atoms with E-state index in [1.807, 2.05) is 12.1 Å². The van der Waals surface area contributed by atoms with Crippen LogP contribution in [0, 0.1) is 0 Å². The van der Waals surface area contributed by atoms with Gasteiger partial charge >= 0.3 is 0 Å². The molecule has 0 saturated heterocycles. The summed E-state index contributed by atoms with van der Waals surface area (Å²) in [7, 11) is 0. The van der Waals surface area contributed by atoms with Gasteiger partial charge in [0.1, 0.15) is 0 Å². The second-order valence-corrected chi connectivity index (χ2v) is 4.05. The van der Waals surface area contributed by atoms with E-state index in [0.717, 1.165) is 18.3 Å². The van der Waals surface area contributed by atoms with Crippen molar-refractivity contribution in [2.45, 2.75) is 13.3 Å². The smallest absolute Gasteiger partial charge is 0.150 e. The largest absolute Gasteiger partial charge is 0.298 e. The first-order valence-corrected chi connectivity index (χ1v) is 5.21. The van der Waals surface area contributed by atoms with Crippen LogP contribution in [-0.2, 0) is 0 Å². The van der Waals surface area contributed by atoms with Crippen molar-refractivity contribution < 1.29 is 4.79 Å². The molecule has 0 spiro atoms. The normalized spacial score (nSPS) is 14.8. The molecule has 76 valence electrons. The van der Waals surface area contributed by atoms with Crippen molar-refractivity contribution in [3.63, 3.8) is 0 Å². The number of rotatable bonds is 2. The van der Waals surface area contributed by atoms with E-state index in [0.29, 0.717) is 10.6 Å². The number of hydrogen-bond donors (Lipinski definition) is 0. The van der Waals surface area contributed by atoms with E-state index in [4.69, 9.17) is 11.6 Å². The molecule has 1 aromatic carbocycles. The topological polar surface area (TPSA) is 17.1 Å². The Morgan fingerprint density at radius 2 is 2.20 bits per heavy atom. The molecule has 1 aliphatic rings. The highest BCUT2D eigenvalue weighted by Crippen LogP contribution is 2.31. The minimum absolute atomic E-state index is 0.602. The van der Waals surface area contributed by atoms with Crippen molar-refractivity contribution in [2.75, 3.05) is 0 Å². The molecule has 1 aromatic rings. The highest BCUT2D eigenvalue weighted by atomic mass is 35.5. The zero-order valence-electron chi connectivity index (χ0n) is 8.46. The Balaban J connectivity index is 2.54. The highest BCUT2D eigenvalue weighted by molar-refractivity contribution is 6.30. The summed E-state index contributed by atoms with van der Waals surface area (Å²) < 4.78 is 0. The summed E-state index contributed by atoms with van der Waals surface area (Å²) in [4.78, 5) is 10.9. The van der Waals surface area contributed by atoms with Gasteiger partial charge in [0.15, 0.2) is 6.29 Å². The van der Waals surface area contributed by atoms with Gasteiger partial charge < -0.3 is 0 Å². The molecular weight excluding hydrogens is 208 g/mol. The molecule has 2 heteroatoms. The quantitative estimate of drug-likeness (QED) is 0.689. The molecule has 0 aromatic heterocycles. The Kier molecular flexibility index (Phi) is 2.74. The van der Waals surface area contributed by atoms with E-state index in [9.17, 15) is 4.79 Å². The lowest BCUT2D eigenvalue weighted by Gasteiger charge is -2.07. The lowest BCUT2D eigenvalue weighted by Crippen LogP contribution is -1.92. The van der Waals surface area contributed by atoms with E-state index in [2.05, 4.69) is 19.1 Å². The van der Waals surface area contributed by atoms with Gasteiger partial charge in [0.25, 0.3) is 0 Å². The molecule has 0 aliphatic heterocycles. The third-order valence-corrected chi connectivity index (χ3v) is 2.87. The summed E-state index contributed by atoms with van der Waals surface area (Å²) in [5.74, 6) is 0. The summed E-state index contributed by atoms with van der Waals surface area (Å²) in [6.07, 6.45) is 5.94. The van der Waals surface area contributed by atoms with E-state index >= 15 is 0 Å². The van der Waals surface area contributed by atoms with Crippen molar-refractivity contribution in [2.24, 2.45) is 0 Å². The van der Waals surface area contributed by atoms with Crippen LogP contribution < -0.4 is 0 Å². The van der Waals surface area contributed by atoms with Crippen LogP contribution in [0.25, 0.3) is 5.57 Å². The fourth-order valence-corrected chi connectivity index (χ4v) is 2.02. The third kappa shape index (κ3) is 1.88. The summed E-state index contributed by atoms with van der Waals surface area (Å²) >= 11 is 5.85. The summed E-state index contributed by atoms with van der Waals surface area (Å²) in [5.41, 5.74) is 4.10. The van der Waals surface area contributed by atoms with E-state index in [-0.39, 0.29) is 0 Å². The molecule has 0 radical (unpaired) electrons. The monoisotopic (exact) mass is 218 g/mol. The van der Waals surface area contributed by atoms with Crippen molar-refractivity contribution >= 4 is 23.5 Å². The van der Waals surface area contributed by atoms with E-state index in [1.54, 1.807) is 6.07 Å². The highest BCUT2D eigenvalue weighted by Gasteiger charge is 2.11. The number of hydrogen-bond acceptors (Lipinski definition) is 1. The molecule has 0 saturated carbocycles. The zero-order chi connectivity index (χ0) is 10.8. The second kappa shape index (κ2) is 4.03. The lowest BCUT2D eigenvalue weighted by molar-refractivity contribution is 0.112. The van der Waals surface area contributed by atoms with Crippen LogP contribution in [0.15, 0.2) is 35.9 Å². The van der Waals surface area contributed by atoms with Gasteiger partial charge in [-0.3, -0.25) is 4.79 Å². The minimum atomic E-state index is 0.602. The fraction of sp³-hybridized carbons (Fsp3) is 0.154. The maximum Gasteiger partial charge on any atom is 0.150 e. The molecule has 0 heterocycles. The molecule has 0 atom stereocenters. The van der Waals surface area contributed by atoms with E-state index in [1.165, 1.54) is 11.1 Å². The molecular formula is C13H11ClO. The molecule has 0 fully saturated rings. The van der Waals surface area contributed by atoms with Crippen LogP contribution in [-0.4, -0.2) is 6.29 Å². The van der Waals surface area contributed by atoms with Crippen molar-refractivity contribution in [1.29, 1.82) is 0 Å². The Morgan fingerprint density at radius 3 is 2.80 bits per heavy atom. The number of benzene rings is 1. The van der Waals surface area contributed by atoms with Crippen molar-refractivity contribution in [3.8, 4) is 0 Å². The van der Waals surface area contributed by atoms with Crippen molar-refractivity contribution in [3.05, 3.63) is 52.1 Å². The average molecular weight is 219 g/mol. The maximum absolute atomic E-state index is 10.9. The van der Waals surface area contributed by atoms with Gasteiger partial charge in [0.05, 0.1) is 0 Å². The Hall–Kier alpha value is -1.34. The first-order chi connectivity index (χ1) is 7.22. The number of carbonyl (C=O) groups excluding carboxylic acids is 1. The second-order valence-electron chi connectivity index (χ2n) is 3.62. The maximum atomic E-state index is 10.9. The number of aldehydes is 1. The average Bonchev–Trinajstić information content (AvgIpc) is 2.64. The van der Waals surface area contributed by atoms with Crippen LogP contribution in [0.2, 0.25) is 5.02 Å². The van der Waals surface area contributed by atoms with Gasteiger partial charge in [0, 0.05) is 10.6 Å². The third-order valence-electron chi connectivity index (χ3n) is 2.63. The van der Waals surface area contributed by atoms with Gasteiger partial charge in [-0.25, -0.2) is 0 Å². The Morgan fingerprint density at radius 1 is 1.40 bits per heavy atom. The summed E-state index contributed by atoms with van der Waals surface area (Å²) in [6.45, 7) is 2.06. The van der Waals surface area contributed by atoms with Crippen LogP contribution >= 0.6 is 11.6 Å². The SMILES string of the molecule is CC1=C(c2ccc(Cl)cc2C=O)CC=C1. The number of halogens is 1. The van der Waals surface area contributed by atoms with Gasteiger partial charge in [0.2, 0.25) is 0 Å². The first kappa shape index (κ1) is 10.2. The molecule has 1 aliphatic carbocycles. The minimum Gasteiger partial charge on any atom is -0.298 e. The van der Waals surface area contributed by atoms with Gasteiger partial charge in [-0.15, -0.1) is 0 Å². The Bertz CT molecular complexity index is 469. The van der Waals surface area contributed by atoms with Crippen LogP contribution in [0.1, 0.15) is 29.3 Å². The molecule has 2 rings (SSSR count). The molecule has 1 nitrogen and oxygen atoms in total. The standard InChI is InChI=1S/C13H11ClO/c1-9-3-2-4-12(9)13-6-5-11(14)7-10(13)8-15/h2-3,5-8H,4H2,1H3. The van der Waals surface area contributed by atoms with Crippen LogP contribution in [0.4, 0.5) is 0 Å². The number of carbonyl (C=O) groups is 1. The fourth-order valence-electron chi connectivity index (χ4n) is 1.84. The van der Waals surface area contributed by atoms with Crippen LogP contribution in [0.3, 0.4) is 0 Å². The lowest BCUT2D eigenvalue weighted by atomic mass is 9.97. The molecule has 0 amide bonds. The molecule has 0 unspecified atom stereocenters. The molecule has 0 bridgehead atoms. The summed E-state index contributed by atoms with van der Waals surface area (Å²) in [5, 5.41) is 0.602. The first-order valence-electron chi connectivity index (χ1n) is 4.84. The summed E-state index contributed by atoms with van der Waals surface area (Å²) in [6, 6.07) is 5.45. The van der Waals surface area contributed by atoms with Gasteiger partial charge in [-0.05, 0) is 42.2 Å². The van der Waals surface area contributed by atoms with Crippen molar-refractivity contribution in [1.82, 2.24) is 0 Å². The predicted octanol–water partition coefficient (Wildman–Crippen LogP) is 3.89. The number of allylic oxidation sites excluding steroid dienone is 4. The molecule has 0 N–H and O–H groups in total. The van der Waals surface area contributed by atoms with Gasteiger partial charge in [-0.1, -0.05) is 29.8 Å². The Labute approximate surface area is 94.1 Å². The molecule has 15 heavy (non-hydrogen) atoms. The predicted molar refractivity (Wildman–Crippen MR) is 63.2 cm³/mol. The zero-order valence-corrected chi connectivity index (χ0v) is 9.21.